The lowest BCUT2D eigenvalue weighted by molar-refractivity contribution is -0.114. The second-order valence-corrected chi connectivity index (χ2v) is 5.26. The second kappa shape index (κ2) is 8.98. The van der Waals surface area contributed by atoms with E-state index in [2.05, 4.69) is 25.3 Å². The number of ketones is 1. The summed E-state index contributed by atoms with van der Waals surface area (Å²) in [5.74, 6) is 0.236. The third-order valence-corrected chi connectivity index (χ3v) is 3.60. The van der Waals surface area contributed by atoms with Crippen LogP contribution in [0.1, 0.15) is 44.6 Å². The van der Waals surface area contributed by atoms with Crippen LogP contribution < -0.4 is 0 Å². The van der Waals surface area contributed by atoms with Crippen LogP contribution in [0.25, 0.3) is 6.08 Å². The smallest absolute Gasteiger partial charge is 0.155 e. The molecule has 0 aromatic heterocycles. The van der Waals surface area contributed by atoms with Crippen LogP contribution in [-0.4, -0.2) is 12.0 Å². The lowest BCUT2D eigenvalue weighted by Crippen LogP contribution is -1.92. The molecule has 1 nitrogen and oxygen atoms in total. The number of hydrogen-bond acceptors (Lipinski definition) is 2. The topological polar surface area (TPSA) is 17.1 Å². The minimum Gasteiger partial charge on any atom is -0.295 e. The van der Waals surface area contributed by atoms with Crippen LogP contribution in [0.2, 0.25) is 0 Å². The Kier molecular flexibility index (Phi) is 7.51. The molecule has 0 N–H and O–H groups in total. The van der Waals surface area contributed by atoms with Gasteiger partial charge >= 0.3 is 0 Å². The first-order chi connectivity index (χ1) is 8.76. The first kappa shape index (κ1) is 15.0. The molecule has 0 aliphatic heterocycles. The van der Waals surface area contributed by atoms with E-state index in [1.165, 1.54) is 24.2 Å². The normalized spacial score (nSPS) is 11.0. The van der Waals surface area contributed by atoms with E-state index in [1.54, 1.807) is 17.8 Å². The van der Waals surface area contributed by atoms with Gasteiger partial charge in [-0.25, -0.2) is 0 Å². The van der Waals surface area contributed by atoms with E-state index < -0.39 is 0 Å². The number of rotatable bonds is 8. The summed E-state index contributed by atoms with van der Waals surface area (Å²) >= 11 is 1.73. The molecule has 0 fully saturated rings. The maximum absolute atomic E-state index is 11.6. The van der Waals surface area contributed by atoms with Gasteiger partial charge in [-0.3, -0.25) is 4.79 Å². The SMILES string of the molecule is CCCCCCC(=O)/C=C/c1ccc(SC)cc1. The highest BCUT2D eigenvalue weighted by Crippen LogP contribution is 2.15. The number of allylic oxidation sites excluding steroid dienone is 1. The number of benzene rings is 1. The van der Waals surface area contributed by atoms with Gasteiger partial charge in [0.15, 0.2) is 5.78 Å². The number of carbonyl (C=O) groups is 1. The zero-order valence-electron chi connectivity index (χ0n) is 11.3. The van der Waals surface area contributed by atoms with Crippen LogP contribution >= 0.6 is 11.8 Å². The molecular formula is C16H22OS. The molecule has 0 saturated carbocycles. The largest absolute Gasteiger partial charge is 0.295 e. The predicted molar refractivity (Wildman–Crippen MR) is 81.0 cm³/mol. The summed E-state index contributed by atoms with van der Waals surface area (Å²) in [5, 5.41) is 0. The van der Waals surface area contributed by atoms with E-state index in [0.717, 1.165) is 12.0 Å². The summed E-state index contributed by atoms with van der Waals surface area (Å²) in [5.41, 5.74) is 1.09. The van der Waals surface area contributed by atoms with Crippen LogP contribution in [0.3, 0.4) is 0 Å². The fraction of sp³-hybridized carbons (Fsp3) is 0.438. The fourth-order valence-electron chi connectivity index (χ4n) is 1.71. The molecule has 0 spiro atoms. The maximum atomic E-state index is 11.6. The van der Waals surface area contributed by atoms with Crippen molar-refractivity contribution >= 4 is 23.6 Å². The van der Waals surface area contributed by atoms with Gasteiger partial charge in [0, 0.05) is 11.3 Å². The van der Waals surface area contributed by atoms with Crippen LogP contribution in [0.4, 0.5) is 0 Å². The van der Waals surface area contributed by atoms with E-state index in [0.29, 0.717) is 6.42 Å². The van der Waals surface area contributed by atoms with E-state index in [-0.39, 0.29) is 5.78 Å². The van der Waals surface area contributed by atoms with E-state index in [9.17, 15) is 4.79 Å². The molecule has 0 aliphatic carbocycles. The summed E-state index contributed by atoms with van der Waals surface area (Å²) in [4.78, 5) is 12.9. The van der Waals surface area contributed by atoms with Crippen molar-refractivity contribution in [3.63, 3.8) is 0 Å². The molecule has 98 valence electrons. The fourth-order valence-corrected chi connectivity index (χ4v) is 2.12. The van der Waals surface area contributed by atoms with Gasteiger partial charge in [0.2, 0.25) is 0 Å². The molecule has 0 atom stereocenters. The van der Waals surface area contributed by atoms with Crippen LogP contribution in [0, 0.1) is 0 Å². The number of thioether (sulfide) groups is 1. The minimum absolute atomic E-state index is 0.236. The molecule has 0 saturated heterocycles. The van der Waals surface area contributed by atoms with Crippen molar-refractivity contribution in [3.05, 3.63) is 35.9 Å². The summed E-state index contributed by atoms with van der Waals surface area (Å²) in [6.45, 7) is 2.18. The Morgan fingerprint density at radius 3 is 2.50 bits per heavy atom. The molecule has 18 heavy (non-hydrogen) atoms. The first-order valence-electron chi connectivity index (χ1n) is 6.61. The lowest BCUT2D eigenvalue weighted by Gasteiger charge is -1.98. The monoisotopic (exact) mass is 262 g/mol. The predicted octanol–water partition coefficient (Wildman–Crippen LogP) is 4.96. The Morgan fingerprint density at radius 1 is 1.17 bits per heavy atom. The molecule has 0 heterocycles. The van der Waals surface area contributed by atoms with Crippen LogP contribution in [0.5, 0.6) is 0 Å². The summed E-state index contributed by atoms with van der Waals surface area (Å²) in [6.07, 6.45) is 11.0. The average molecular weight is 262 g/mol. The first-order valence-corrected chi connectivity index (χ1v) is 7.83. The summed E-state index contributed by atoms with van der Waals surface area (Å²) < 4.78 is 0. The van der Waals surface area contributed by atoms with Crippen LogP contribution in [-0.2, 0) is 4.79 Å². The van der Waals surface area contributed by atoms with Gasteiger partial charge in [-0.2, -0.15) is 0 Å². The standard InChI is InChI=1S/C16H22OS/c1-3-4-5-6-7-15(17)11-8-14-9-12-16(18-2)13-10-14/h8-13H,3-7H2,1-2H3/b11-8+. The quantitative estimate of drug-likeness (QED) is 0.374. The highest BCUT2D eigenvalue weighted by atomic mass is 32.2. The van der Waals surface area contributed by atoms with E-state index >= 15 is 0 Å². The summed E-state index contributed by atoms with van der Waals surface area (Å²) in [7, 11) is 0. The van der Waals surface area contributed by atoms with E-state index in [1.807, 2.05) is 18.2 Å². The molecule has 0 amide bonds. The zero-order valence-corrected chi connectivity index (χ0v) is 12.1. The maximum Gasteiger partial charge on any atom is 0.155 e. The Hall–Kier alpha value is -1.02. The van der Waals surface area contributed by atoms with Crippen molar-refractivity contribution in [2.24, 2.45) is 0 Å². The van der Waals surface area contributed by atoms with Crippen molar-refractivity contribution in [1.29, 1.82) is 0 Å². The summed E-state index contributed by atoms with van der Waals surface area (Å²) in [6, 6.07) is 8.26. The number of hydrogen-bond donors (Lipinski definition) is 0. The van der Waals surface area contributed by atoms with Gasteiger partial charge in [0.05, 0.1) is 0 Å². The molecule has 0 bridgehead atoms. The Balaban J connectivity index is 2.35. The van der Waals surface area contributed by atoms with Gasteiger partial charge in [-0.1, -0.05) is 44.4 Å². The number of unbranched alkanes of at least 4 members (excludes halogenated alkanes) is 3. The average Bonchev–Trinajstić information content (AvgIpc) is 2.42. The van der Waals surface area contributed by atoms with Gasteiger partial charge in [-0.15, -0.1) is 11.8 Å². The molecule has 2 heteroatoms. The van der Waals surface area contributed by atoms with Gasteiger partial charge in [0.25, 0.3) is 0 Å². The van der Waals surface area contributed by atoms with Gasteiger partial charge < -0.3 is 0 Å². The van der Waals surface area contributed by atoms with Gasteiger partial charge in [-0.05, 0) is 36.4 Å². The van der Waals surface area contributed by atoms with Crippen molar-refractivity contribution in [2.75, 3.05) is 6.26 Å². The van der Waals surface area contributed by atoms with E-state index in [4.69, 9.17) is 0 Å². The third-order valence-electron chi connectivity index (χ3n) is 2.85. The van der Waals surface area contributed by atoms with Crippen LogP contribution in [0.15, 0.2) is 35.2 Å². The molecule has 1 rings (SSSR count). The highest BCUT2D eigenvalue weighted by Gasteiger charge is 1.97. The van der Waals surface area contributed by atoms with Crippen molar-refractivity contribution < 1.29 is 4.79 Å². The zero-order chi connectivity index (χ0) is 13.2. The third kappa shape index (κ3) is 6.06. The molecule has 0 unspecified atom stereocenters. The second-order valence-electron chi connectivity index (χ2n) is 4.38. The molecular weight excluding hydrogens is 240 g/mol. The molecule has 1 aromatic rings. The lowest BCUT2D eigenvalue weighted by atomic mass is 10.1. The molecule has 0 radical (unpaired) electrons. The van der Waals surface area contributed by atoms with Crippen molar-refractivity contribution in [1.82, 2.24) is 0 Å². The number of carbonyl (C=O) groups excluding carboxylic acids is 1. The molecule has 1 aromatic carbocycles. The Labute approximate surface area is 115 Å². The Bertz CT molecular complexity index is 379. The Morgan fingerprint density at radius 2 is 1.89 bits per heavy atom. The minimum atomic E-state index is 0.236. The highest BCUT2D eigenvalue weighted by molar-refractivity contribution is 7.98. The van der Waals surface area contributed by atoms with Crippen molar-refractivity contribution in [2.45, 2.75) is 43.9 Å². The van der Waals surface area contributed by atoms with Crippen molar-refractivity contribution in [3.8, 4) is 0 Å². The van der Waals surface area contributed by atoms with Gasteiger partial charge in [0.1, 0.15) is 0 Å². The molecule has 0 aliphatic rings.